The van der Waals surface area contributed by atoms with Crippen molar-refractivity contribution in [2.75, 3.05) is 24.2 Å². The van der Waals surface area contributed by atoms with Gasteiger partial charge in [-0.2, -0.15) is 11.8 Å². The summed E-state index contributed by atoms with van der Waals surface area (Å²) in [6.07, 6.45) is 6.63. The molecular formula is C17H19NO2S. The molecule has 0 unspecified atom stereocenters. The van der Waals surface area contributed by atoms with Crippen LogP contribution in [0.15, 0.2) is 21.3 Å². The van der Waals surface area contributed by atoms with Crippen molar-refractivity contribution in [2.45, 2.75) is 31.4 Å². The Hall–Kier alpha value is -1.42. The molecule has 2 aromatic rings. The summed E-state index contributed by atoms with van der Waals surface area (Å²) < 4.78 is 5.63. The molecule has 0 saturated heterocycles. The molecule has 0 radical (unpaired) electrons. The highest BCUT2D eigenvalue weighted by atomic mass is 32.2. The van der Waals surface area contributed by atoms with Crippen LogP contribution in [0, 0.1) is 0 Å². The highest BCUT2D eigenvalue weighted by Gasteiger charge is 2.27. The van der Waals surface area contributed by atoms with Gasteiger partial charge in [0.15, 0.2) is 0 Å². The molecular weight excluding hydrogens is 282 g/mol. The van der Waals surface area contributed by atoms with E-state index in [4.69, 9.17) is 4.42 Å². The number of hydrogen-bond donors (Lipinski definition) is 0. The molecule has 21 heavy (non-hydrogen) atoms. The van der Waals surface area contributed by atoms with Crippen molar-refractivity contribution in [1.29, 1.82) is 0 Å². The third-order valence-corrected chi connectivity index (χ3v) is 5.21. The van der Waals surface area contributed by atoms with Gasteiger partial charge in [0.25, 0.3) is 0 Å². The molecule has 3 heterocycles. The van der Waals surface area contributed by atoms with Gasteiger partial charge in [-0.1, -0.05) is 0 Å². The van der Waals surface area contributed by atoms with Crippen molar-refractivity contribution in [3.8, 4) is 0 Å². The number of anilines is 1. The van der Waals surface area contributed by atoms with Gasteiger partial charge in [-0.3, -0.25) is 0 Å². The standard InChI is InChI=1S/C17H19NO2S/c1-21-10-12-9-15(19)20-17-13-5-3-7-18-6-2-4-11(16(13)18)8-14(12)17/h8-9H,2-7,10H2,1H3. The van der Waals surface area contributed by atoms with Gasteiger partial charge < -0.3 is 9.32 Å². The van der Waals surface area contributed by atoms with E-state index in [2.05, 4.69) is 17.2 Å². The molecule has 4 heteroatoms. The van der Waals surface area contributed by atoms with Crippen LogP contribution in [-0.4, -0.2) is 19.3 Å². The highest BCUT2D eigenvalue weighted by Crippen LogP contribution is 2.40. The summed E-state index contributed by atoms with van der Waals surface area (Å²) in [5, 5.41) is 1.15. The number of nitrogens with zero attached hydrogens (tertiary/aromatic N) is 1. The smallest absolute Gasteiger partial charge is 0.336 e. The van der Waals surface area contributed by atoms with E-state index in [1.165, 1.54) is 23.2 Å². The van der Waals surface area contributed by atoms with Crippen LogP contribution < -0.4 is 10.5 Å². The van der Waals surface area contributed by atoms with Crippen molar-refractivity contribution < 1.29 is 4.42 Å². The highest BCUT2D eigenvalue weighted by molar-refractivity contribution is 7.97. The van der Waals surface area contributed by atoms with Crippen LogP contribution in [0.25, 0.3) is 11.0 Å². The third-order valence-electron chi connectivity index (χ3n) is 4.61. The summed E-state index contributed by atoms with van der Waals surface area (Å²) in [5.41, 5.74) is 5.83. The second kappa shape index (κ2) is 5.09. The molecule has 0 aliphatic carbocycles. The lowest BCUT2D eigenvalue weighted by molar-refractivity contribution is 0.548. The first-order chi connectivity index (χ1) is 10.3. The normalized spacial score (nSPS) is 17.1. The summed E-state index contributed by atoms with van der Waals surface area (Å²) in [6, 6.07) is 3.95. The van der Waals surface area contributed by atoms with E-state index in [1.807, 2.05) is 0 Å². The second-order valence-corrected chi connectivity index (χ2v) is 6.82. The molecule has 0 atom stereocenters. The van der Waals surface area contributed by atoms with Gasteiger partial charge in [0.1, 0.15) is 5.58 Å². The zero-order chi connectivity index (χ0) is 14.4. The molecule has 3 nitrogen and oxygen atoms in total. The van der Waals surface area contributed by atoms with E-state index in [-0.39, 0.29) is 5.63 Å². The zero-order valence-electron chi connectivity index (χ0n) is 12.3. The number of benzene rings is 1. The monoisotopic (exact) mass is 301 g/mol. The van der Waals surface area contributed by atoms with Crippen LogP contribution in [0.4, 0.5) is 5.69 Å². The lowest BCUT2D eigenvalue weighted by Crippen LogP contribution is -2.34. The fourth-order valence-electron chi connectivity index (χ4n) is 3.81. The lowest BCUT2D eigenvalue weighted by Gasteiger charge is -2.37. The summed E-state index contributed by atoms with van der Waals surface area (Å²) in [5.74, 6) is 0.865. The summed E-state index contributed by atoms with van der Waals surface area (Å²) >= 11 is 1.75. The van der Waals surface area contributed by atoms with Gasteiger partial charge in [-0.15, -0.1) is 0 Å². The minimum absolute atomic E-state index is 0.212. The SMILES string of the molecule is CSCc1cc(=O)oc2c3c4c(cc12)CCCN4CCC3. The maximum Gasteiger partial charge on any atom is 0.336 e. The number of fused-ring (bicyclic) bond motifs is 2. The van der Waals surface area contributed by atoms with Crippen LogP contribution >= 0.6 is 11.8 Å². The van der Waals surface area contributed by atoms with E-state index >= 15 is 0 Å². The predicted molar refractivity (Wildman–Crippen MR) is 88.6 cm³/mol. The summed E-state index contributed by atoms with van der Waals surface area (Å²) in [6.45, 7) is 2.28. The Labute approximate surface area is 128 Å². The summed E-state index contributed by atoms with van der Waals surface area (Å²) in [7, 11) is 0. The molecule has 110 valence electrons. The molecule has 0 N–H and O–H groups in total. The molecule has 4 rings (SSSR count). The minimum atomic E-state index is -0.212. The van der Waals surface area contributed by atoms with Crippen molar-refractivity contribution in [3.05, 3.63) is 39.2 Å². The van der Waals surface area contributed by atoms with Crippen LogP contribution in [0.3, 0.4) is 0 Å². The molecule has 1 aromatic carbocycles. The average molecular weight is 301 g/mol. The van der Waals surface area contributed by atoms with Gasteiger partial charge in [0.05, 0.1) is 0 Å². The van der Waals surface area contributed by atoms with Crippen LogP contribution in [0.1, 0.15) is 29.5 Å². The van der Waals surface area contributed by atoms with Gasteiger partial charge in [0.2, 0.25) is 0 Å². The summed E-state index contributed by atoms with van der Waals surface area (Å²) in [4.78, 5) is 14.4. The number of hydrogen-bond acceptors (Lipinski definition) is 4. The van der Waals surface area contributed by atoms with Crippen LogP contribution in [-0.2, 0) is 18.6 Å². The fourth-order valence-corrected chi connectivity index (χ4v) is 4.36. The third kappa shape index (κ3) is 2.08. The van der Waals surface area contributed by atoms with Crippen LogP contribution in [0.5, 0.6) is 0 Å². The van der Waals surface area contributed by atoms with Crippen molar-refractivity contribution in [2.24, 2.45) is 0 Å². The topological polar surface area (TPSA) is 33.5 Å². The second-order valence-electron chi connectivity index (χ2n) is 5.96. The maximum atomic E-state index is 11.9. The Bertz CT molecular complexity index is 763. The fraction of sp³-hybridized carbons (Fsp3) is 0.471. The predicted octanol–water partition coefficient (Wildman–Crippen LogP) is 3.35. The first-order valence-corrected chi connectivity index (χ1v) is 9.02. The molecule has 0 saturated carbocycles. The first-order valence-electron chi connectivity index (χ1n) is 7.63. The zero-order valence-corrected chi connectivity index (χ0v) is 13.1. The van der Waals surface area contributed by atoms with E-state index < -0.39 is 0 Å². The Morgan fingerprint density at radius 1 is 1.24 bits per heavy atom. The minimum Gasteiger partial charge on any atom is -0.422 e. The van der Waals surface area contributed by atoms with Gasteiger partial charge >= 0.3 is 5.63 Å². The van der Waals surface area contributed by atoms with Crippen molar-refractivity contribution in [1.82, 2.24) is 0 Å². The Kier molecular flexibility index (Phi) is 3.21. The molecule has 0 amide bonds. The van der Waals surface area contributed by atoms with E-state index in [9.17, 15) is 4.79 Å². The van der Waals surface area contributed by atoms with Gasteiger partial charge in [-0.25, -0.2) is 4.79 Å². The Balaban J connectivity index is 2.07. The average Bonchev–Trinajstić information content (AvgIpc) is 2.49. The molecule has 0 spiro atoms. The molecule has 0 bridgehead atoms. The van der Waals surface area contributed by atoms with Crippen molar-refractivity contribution in [3.63, 3.8) is 0 Å². The number of aryl methyl sites for hydroxylation is 2. The number of thioether (sulfide) groups is 1. The Morgan fingerprint density at radius 3 is 2.86 bits per heavy atom. The molecule has 2 aliphatic heterocycles. The van der Waals surface area contributed by atoms with Gasteiger partial charge in [0, 0.05) is 41.5 Å². The number of rotatable bonds is 2. The lowest BCUT2D eigenvalue weighted by atomic mass is 9.89. The largest absolute Gasteiger partial charge is 0.422 e. The van der Waals surface area contributed by atoms with E-state index in [0.717, 1.165) is 54.6 Å². The van der Waals surface area contributed by atoms with E-state index in [1.54, 1.807) is 17.8 Å². The maximum absolute atomic E-state index is 11.9. The molecule has 1 aromatic heterocycles. The molecule has 2 aliphatic rings. The van der Waals surface area contributed by atoms with E-state index in [0.29, 0.717) is 0 Å². The van der Waals surface area contributed by atoms with Crippen molar-refractivity contribution >= 4 is 28.4 Å². The Morgan fingerprint density at radius 2 is 2.05 bits per heavy atom. The first kappa shape index (κ1) is 13.3. The van der Waals surface area contributed by atoms with Crippen LogP contribution in [0.2, 0.25) is 0 Å². The quantitative estimate of drug-likeness (QED) is 0.797. The van der Waals surface area contributed by atoms with Gasteiger partial charge in [-0.05, 0) is 49.1 Å². The molecule has 0 fully saturated rings.